The van der Waals surface area contributed by atoms with Crippen LogP contribution >= 0.6 is 0 Å². The fourth-order valence-electron chi connectivity index (χ4n) is 3.36. The molecule has 0 radical (unpaired) electrons. The summed E-state index contributed by atoms with van der Waals surface area (Å²) in [7, 11) is 0. The monoisotopic (exact) mass is 417 g/mol. The fraction of sp³-hybridized carbons (Fsp3) is 0.217. The van der Waals surface area contributed by atoms with E-state index in [9.17, 15) is 9.59 Å². The second kappa shape index (κ2) is 8.81. The first-order valence-corrected chi connectivity index (χ1v) is 9.74. The number of carbonyl (C=O) groups is 1. The second-order valence-electron chi connectivity index (χ2n) is 6.71. The normalized spacial score (nSPS) is 11.0. The highest BCUT2D eigenvalue weighted by Crippen LogP contribution is 2.27. The van der Waals surface area contributed by atoms with Crippen LogP contribution in [0.1, 0.15) is 28.9 Å². The van der Waals surface area contributed by atoms with E-state index in [0.717, 1.165) is 5.39 Å². The van der Waals surface area contributed by atoms with Crippen LogP contribution in [0.3, 0.4) is 0 Å². The zero-order valence-corrected chi connectivity index (χ0v) is 16.8. The standard InChI is InChI=1S/C23H19N3O5/c1-2-29-13-17-15-7-4-6-10-19(15)31-21(17)23(28)30-14-20-25-18-9-5-3-8-16(18)22(27)26(20)12-11-24/h3-10H,2,12-14H2,1H3. The lowest BCUT2D eigenvalue weighted by atomic mass is 10.1. The van der Waals surface area contributed by atoms with Crippen molar-refractivity contribution in [2.24, 2.45) is 0 Å². The van der Waals surface area contributed by atoms with Crippen LogP contribution in [0, 0.1) is 11.3 Å². The molecule has 2 heterocycles. The quantitative estimate of drug-likeness (QED) is 0.423. The number of para-hydroxylation sites is 2. The van der Waals surface area contributed by atoms with E-state index in [0.29, 0.717) is 28.7 Å². The number of fused-ring (bicyclic) bond motifs is 2. The molecule has 2 aromatic carbocycles. The Balaban J connectivity index is 1.66. The van der Waals surface area contributed by atoms with Gasteiger partial charge in [0.2, 0.25) is 5.76 Å². The Kier molecular flexibility index (Phi) is 5.78. The first-order valence-electron chi connectivity index (χ1n) is 9.74. The molecule has 0 amide bonds. The summed E-state index contributed by atoms with van der Waals surface area (Å²) in [5, 5.41) is 10.3. The lowest BCUT2D eigenvalue weighted by molar-refractivity contribution is 0.0415. The van der Waals surface area contributed by atoms with Gasteiger partial charge in [-0.05, 0) is 25.1 Å². The number of esters is 1. The van der Waals surface area contributed by atoms with Gasteiger partial charge >= 0.3 is 5.97 Å². The number of benzene rings is 2. The van der Waals surface area contributed by atoms with Gasteiger partial charge < -0.3 is 13.9 Å². The lowest BCUT2D eigenvalue weighted by Crippen LogP contribution is -2.26. The third-order valence-corrected chi connectivity index (χ3v) is 4.84. The minimum Gasteiger partial charge on any atom is -0.452 e. The van der Waals surface area contributed by atoms with Crippen molar-refractivity contribution in [3.8, 4) is 6.07 Å². The average molecular weight is 417 g/mol. The van der Waals surface area contributed by atoms with E-state index in [1.165, 1.54) is 4.57 Å². The summed E-state index contributed by atoms with van der Waals surface area (Å²) in [6, 6.07) is 16.0. The minimum atomic E-state index is -0.697. The number of carbonyl (C=O) groups excluding carboxylic acids is 1. The van der Waals surface area contributed by atoms with Gasteiger partial charge in [0, 0.05) is 17.6 Å². The molecule has 0 aliphatic heterocycles. The Labute approximate surface area is 177 Å². The van der Waals surface area contributed by atoms with E-state index in [4.69, 9.17) is 19.2 Å². The number of furan rings is 1. The van der Waals surface area contributed by atoms with Crippen LogP contribution in [-0.4, -0.2) is 22.1 Å². The summed E-state index contributed by atoms with van der Waals surface area (Å²) in [4.78, 5) is 30.0. The number of hydrogen-bond acceptors (Lipinski definition) is 7. The number of hydrogen-bond donors (Lipinski definition) is 0. The van der Waals surface area contributed by atoms with E-state index >= 15 is 0 Å². The average Bonchev–Trinajstić information content (AvgIpc) is 3.17. The first kappa shape index (κ1) is 20.3. The molecular weight excluding hydrogens is 398 g/mol. The van der Waals surface area contributed by atoms with Gasteiger partial charge in [-0.15, -0.1) is 0 Å². The zero-order chi connectivity index (χ0) is 21.8. The molecule has 0 aliphatic carbocycles. The molecule has 0 fully saturated rings. The van der Waals surface area contributed by atoms with Gasteiger partial charge in [0.25, 0.3) is 5.56 Å². The first-order chi connectivity index (χ1) is 15.1. The topological polar surface area (TPSA) is 107 Å². The number of nitrogens with zero attached hydrogens (tertiary/aromatic N) is 3. The Morgan fingerprint density at radius 1 is 1.13 bits per heavy atom. The Morgan fingerprint density at radius 3 is 2.65 bits per heavy atom. The summed E-state index contributed by atoms with van der Waals surface area (Å²) in [6.45, 7) is 2.05. The van der Waals surface area contributed by atoms with E-state index in [1.807, 2.05) is 31.2 Å². The highest BCUT2D eigenvalue weighted by molar-refractivity contribution is 5.96. The molecule has 4 rings (SSSR count). The van der Waals surface area contributed by atoms with Gasteiger partial charge in [0.05, 0.1) is 23.6 Å². The van der Waals surface area contributed by atoms with Crippen LogP contribution in [0.5, 0.6) is 0 Å². The van der Waals surface area contributed by atoms with Gasteiger partial charge in [0.1, 0.15) is 18.7 Å². The zero-order valence-electron chi connectivity index (χ0n) is 16.8. The molecule has 0 saturated heterocycles. The highest BCUT2D eigenvalue weighted by atomic mass is 16.5. The van der Waals surface area contributed by atoms with Crippen LogP contribution in [0.15, 0.2) is 57.7 Å². The molecule has 31 heavy (non-hydrogen) atoms. The Morgan fingerprint density at radius 2 is 1.87 bits per heavy atom. The minimum absolute atomic E-state index is 0.0459. The second-order valence-corrected chi connectivity index (χ2v) is 6.71. The van der Waals surface area contributed by atoms with Crippen molar-refractivity contribution in [2.45, 2.75) is 26.7 Å². The van der Waals surface area contributed by atoms with Crippen molar-refractivity contribution in [3.63, 3.8) is 0 Å². The van der Waals surface area contributed by atoms with Crippen molar-refractivity contribution in [1.29, 1.82) is 5.26 Å². The molecule has 0 spiro atoms. The number of rotatable bonds is 7. The van der Waals surface area contributed by atoms with E-state index < -0.39 is 5.97 Å². The van der Waals surface area contributed by atoms with Crippen molar-refractivity contribution >= 4 is 27.8 Å². The molecule has 0 bridgehead atoms. The predicted molar refractivity (Wildman–Crippen MR) is 112 cm³/mol. The Hall–Kier alpha value is -3.96. The predicted octanol–water partition coefficient (Wildman–Crippen LogP) is 3.56. The fourth-order valence-corrected chi connectivity index (χ4v) is 3.36. The van der Waals surface area contributed by atoms with Gasteiger partial charge in [-0.1, -0.05) is 30.3 Å². The molecule has 8 heteroatoms. The van der Waals surface area contributed by atoms with Crippen LogP contribution in [-0.2, 0) is 29.2 Å². The molecule has 0 unspecified atom stereocenters. The molecule has 2 aromatic heterocycles. The van der Waals surface area contributed by atoms with Crippen molar-refractivity contribution in [3.05, 3.63) is 76.0 Å². The van der Waals surface area contributed by atoms with Crippen LogP contribution < -0.4 is 5.56 Å². The molecule has 4 aromatic rings. The Bertz CT molecular complexity index is 1360. The van der Waals surface area contributed by atoms with Gasteiger partial charge in [-0.2, -0.15) is 5.26 Å². The van der Waals surface area contributed by atoms with Crippen LogP contribution in [0.2, 0.25) is 0 Å². The third-order valence-electron chi connectivity index (χ3n) is 4.84. The van der Waals surface area contributed by atoms with Gasteiger partial charge in [-0.25, -0.2) is 9.78 Å². The number of aromatic nitrogens is 2. The maximum atomic E-state index is 12.8. The van der Waals surface area contributed by atoms with E-state index in [2.05, 4.69) is 4.98 Å². The van der Waals surface area contributed by atoms with Crippen molar-refractivity contribution in [2.75, 3.05) is 6.61 Å². The van der Waals surface area contributed by atoms with Gasteiger partial charge in [-0.3, -0.25) is 9.36 Å². The molecule has 156 valence electrons. The highest BCUT2D eigenvalue weighted by Gasteiger charge is 2.23. The number of ether oxygens (including phenoxy) is 2. The summed E-state index contributed by atoms with van der Waals surface area (Å²) in [5.41, 5.74) is 1.25. The smallest absolute Gasteiger partial charge is 0.375 e. The summed E-state index contributed by atoms with van der Waals surface area (Å²) >= 11 is 0. The van der Waals surface area contributed by atoms with Crippen molar-refractivity contribution in [1.82, 2.24) is 9.55 Å². The largest absolute Gasteiger partial charge is 0.452 e. The molecule has 0 N–H and O–H groups in total. The van der Waals surface area contributed by atoms with E-state index in [1.54, 1.807) is 30.3 Å². The molecule has 0 aliphatic rings. The summed E-state index contributed by atoms with van der Waals surface area (Å²) < 4.78 is 17.9. The molecular formula is C23H19N3O5. The molecule has 8 nitrogen and oxygen atoms in total. The maximum Gasteiger partial charge on any atom is 0.375 e. The van der Waals surface area contributed by atoms with Crippen LogP contribution in [0.25, 0.3) is 21.9 Å². The third kappa shape index (κ3) is 3.91. The van der Waals surface area contributed by atoms with Gasteiger partial charge in [0.15, 0.2) is 5.82 Å². The summed E-state index contributed by atoms with van der Waals surface area (Å²) in [6.07, 6.45) is 0. The summed E-state index contributed by atoms with van der Waals surface area (Å²) in [5.74, 6) is -0.470. The van der Waals surface area contributed by atoms with Crippen molar-refractivity contribution < 1.29 is 18.7 Å². The lowest BCUT2D eigenvalue weighted by Gasteiger charge is -2.11. The molecule has 0 atom stereocenters. The number of nitriles is 1. The SMILES string of the molecule is CCOCc1c(C(=O)OCc2nc3ccccc3c(=O)n2CC#N)oc2ccccc12. The van der Waals surface area contributed by atoms with Crippen LogP contribution in [0.4, 0.5) is 0 Å². The maximum absolute atomic E-state index is 12.8. The van der Waals surface area contributed by atoms with E-state index in [-0.39, 0.29) is 36.9 Å². The molecule has 0 saturated carbocycles.